The number of hydrogen-bond acceptors (Lipinski definition) is 2. The summed E-state index contributed by atoms with van der Waals surface area (Å²) in [6, 6.07) is 0. The van der Waals surface area contributed by atoms with E-state index in [0.29, 0.717) is 11.8 Å². The van der Waals surface area contributed by atoms with E-state index in [1.807, 2.05) is 0 Å². The van der Waals surface area contributed by atoms with Crippen LogP contribution in [0.25, 0.3) is 0 Å². The molecule has 102 valence electrons. The first-order valence-electron chi connectivity index (χ1n) is 7.52. The van der Waals surface area contributed by atoms with Crippen molar-refractivity contribution in [3.63, 3.8) is 0 Å². The Balaban J connectivity index is 1.77. The molecule has 0 N–H and O–H groups in total. The van der Waals surface area contributed by atoms with Crippen molar-refractivity contribution in [3.8, 4) is 0 Å². The fourth-order valence-corrected chi connectivity index (χ4v) is 4.16. The van der Waals surface area contributed by atoms with Crippen molar-refractivity contribution in [3.05, 3.63) is 11.6 Å². The van der Waals surface area contributed by atoms with Crippen LogP contribution in [0.1, 0.15) is 52.9 Å². The lowest BCUT2D eigenvalue weighted by Gasteiger charge is -2.52. The van der Waals surface area contributed by atoms with Gasteiger partial charge in [-0.05, 0) is 38.0 Å². The number of hydrogen-bond donors (Lipinski definition) is 0. The van der Waals surface area contributed by atoms with Gasteiger partial charge in [-0.1, -0.05) is 25.5 Å². The molecule has 0 bridgehead atoms. The normalized spacial score (nSPS) is 38.1. The van der Waals surface area contributed by atoms with Gasteiger partial charge in [-0.2, -0.15) is 0 Å². The van der Waals surface area contributed by atoms with Gasteiger partial charge in [0.15, 0.2) is 5.79 Å². The third-order valence-electron chi connectivity index (χ3n) is 5.62. The van der Waals surface area contributed by atoms with Crippen LogP contribution in [0.5, 0.6) is 0 Å². The molecule has 2 spiro atoms. The van der Waals surface area contributed by atoms with Crippen molar-refractivity contribution >= 4 is 0 Å². The van der Waals surface area contributed by atoms with Crippen molar-refractivity contribution in [2.75, 3.05) is 13.2 Å². The molecule has 2 aliphatic carbocycles. The molecule has 0 unspecified atom stereocenters. The van der Waals surface area contributed by atoms with Gasteiger partial charge in [-0.15, -0.1) is 0 Å². The van der Waals surface area contributed by atoms with Crippen LogP contribution in [0, 0.1) is 17.3 Å². The second-order valence-electron chi connectivity index (χ2n) is 6.84. The van der Waals surface area contributed by atoms with Crippen LogP contribution in [-0.4, -0.2) is 19.0 Å². The number of allylic oxidation sites excluding steroid dienone is 2. The lowest BCUT2D eigenvalue weighted by Crippen LogP contribution is -2.54. The molecule has 0 aromatic rings. The highest BCUT2D eigenvalue weighted by molar-refractivity contribution is 5.14. The fourth-order valence-electron chi connectivity index (χ4n) is 4.16. The summed E-state index contributed by atoms with van der Waals surface area (Å²) in [6.45, 7) is 8.73. The molecule has 1 heterocycles. The van der Waals surface area contributed by atoms with Crippen molar-refractivity contribution in [1.29, 1.82) is 0 Å². The van der Waals surface area contributed by atoms with Gasteiger partial charge in [0.1, 0.15) is 0 Å². The van der Waals surface area contributed by atoms with E-state index >= 15 is 0 Å². The lowest BCUT2D eigenvalue weighted by atomic mass is 9.63. The summed E-state index contributed by atoms with van der Waals surface area (Å²) in [5.41, 5.74) is 1.75. The molecule has 0 amide bonds. The maximum atomic E-state index is 6.24. The predicted molar refractivity (Wildman–Crippen MR) is 72.2 cm³/mol. The number of rotatable bonds is 0. The van der Waals surface area contributed by atoms with Gasteiger partial charge >= 0.3 is 0 Å². The van der Waals surface area contributed by atoms with E-state index in [1.165, 1.54) is 24.8 Å². The van der Waals surface area contributed by atoms with E-state index in [0.717, 1.165) is 26.1 Å². The minimum atomic E-state index is -0.207. The quantitative estimate of drug-likeness (QED) is 0.607. The average molecular weight is 250 g/mol. The molecular weight excluding hydrogens is 224 g/mol. The maximum absolute atomic E-state index is 6.24. The van der Waals surface area contributed by atoms with Crippen molar-refractivity contribution in [1.82, 2.24) is 0 Å². The molecule has 0 aromatic carbocycles. The molecular formula is C16H26O2. The molecule has 2 heteroatoms. The van der Waals surface area contributed by atoms with Crippen molar-refractivity contribution in [2.24, 2.45) is 17.3 Å². The van der Waals surface area contributed by atoms with Crippen LogP contribution in [0.3, 0.4) is 0 Å². The third-order valence-corrected chi connectivity index (χ3v) is 5.62. The fraction of sp³-hybridized carbons (Fsp3) is 0.875. The van der Waals surface area contributed by atoms with Crippen LogP contribution in [-0.2, 0) is 9.47 Å². The predicted octanol–water partition coefficient (Wildman–Crippen LogP) is 3.91. The van der Waals surface area contributed by atoms with E-state index in [9.17, 15) is 0 Å². The lowest BCUT2D eigenvalue weighted by molar-refractivity contribution is -0.314. The zero-order valence-corrected chi connectivity index (χ0v) is 12.0. The molecule has 0 radical (unpaired) electrons. The first-order valence-corrected chi connectivity index (χ1v) is 7.52. The Hall–Kier alpha value is -0.340. The molecule has 18 heavy (non-hydrogen) atoms. The van der Waals surface area contributed by atoms with Gasteiger partial charge in [0.2, 0.25) is 0 Å². The Bertz CT molecular complexity index is 342. The third kappa shape index (κ3) is 1.85. The molecule has 1 saturated carbocycles. The SMILES string of the molecule is CC1=C[C@H](C)C2(COC3(CCCC3)OC2)[C@@H](C)C1. The Morgan fingerprint density at radius 2 is 1.72 bits per heavy atom. The highest BCUT2D eigenvalue weighted by atomic mass is 16.7. The highest BCUT2D eigenvalue weighted by Crippen LogP contribution is 2.50. The maximum Gasteiger partial charge on any atom is 0.168 e. The Kier molecular flexibility index (Phi) is 3.06. The Labute approximate surface area is 111 Å². The second kappa shape index (κ2) is 4.35. The van der Waals surface area contributed by atoms with E-state index in [-0.39, 0.29) is 11.2 Å². The molecule has 3 aliphatic rings. The van der Waals surface area contributed by atoms with Gasteiger partial charge < -0.3 is 9.47 Å². The highest BCUT2D eigenvalue weighted by Gasteiger charge is 2.51. The van der Waals surface area contributed by atoms with E-state index in [2.05, 4.69) is 26.8 Å². The van der Waals surface area contributed by atoms with Crippen LogP contribution in [0.15, 0.2) is 11.6 Å². The smallest absolute Gasteiger partial charge is 0.168 e. The van der Waals surface area contributed by atoms with Gasteiger partial charge in [-0.25, -0.2) is 0 Å². The molecule has 2 nitrogen and oxygen atoms in total. The Morgan fingerprint density at radius 3 is 2.28 bits per heavy atom. The van der Waals surface area contributed by atoms with E-state index in [4.69, 9.17) is 9.47 Å². The monoisotopic (exact) mass is 250 g/mol. The zero-order valence-electron chi connectivity index (χ0n) is 12.0. The largest absolute Gasteiger partial charge is 0.349 e. The molecule has 2 atom stereocenters. The van der Waals surface area contributed by atoms with Gasteiger partial charge in [0.05, 0.1) is 13.2 Å². The van der Waals surface area contributed by atoms with Crippen LogP contribution in [0.4, 0.5) is 0 Å². The summed E-state index contributed by atoms with van der Waals surface area (Å²) in [5.74, 6) is 1.03. The summed E-state index contributed by atoms with van der Waals surface area (Å²) in [6.07, 6.45) is 8.35. The topological polar surface area (TPSA) is 18.5 Å². The minimum absolute atomic E-state index is 0.207. The van der Waals surface area contributed by atoms with Gasteiger partial charge in [0, 0.05) is 18.3 Å². The summed E-state index contributed by atoms with van der Waals surface area (Å²) < 4.78 is 12.5. The van der Waals surface area contributed by atoms with E-state index in [1.54, 1.807) is 0 Å². The summed E-state index contributed by atoms with van der Waals surface area (Å²) in [5, 5.41) is 0. The number of ether oxygens (including phenoxy) is 2. The van der Waals surface area contributed by atoms with E-state index < -0.39 is 0 Å². The molecule has 1 saturated heterocycles. The first-order chi connectivity index (χ1) is 8.56. The van der Waals surface area contributed by atoms with Gasteiger partial charge in [-0.3, -0.25) is 0 Å². The van der Waals surface area contributed by atoms with Crippen molar-refractivity contribution in [2.45, 2.75) is 58.7 Å². The molecule has 1 aliphatic heterocycles. The van der Waals surface area contributed by atoms with Crippen LogP contribution >= 0.6 is 0 Å². The standard InChI is InChI=1S/C16H26O2/c1-12-8-13(2)15(14(3)9-12)10-17-16(18-11-15)6-4-5-7-16/h8,13-14H,4-7,9-11H2,1-3H3/t13-,14-/m0/s1. The van der Waals surface area contributed by atoms with Gasteiger partial charge in [0.25, 0.3) is 0 Å². The molecule has 2 fully saturated rings. The molecule has 3 rings (SSSR count). The van der Waals surface area contributed by atoms with Crippen molar-refractivity contribution < 1.29 is 9.47 Å². The summed E-state index contributed by atoms with van der Waals surface area (Å²) in [4.78, 5) is 0. The summed E-state index contributed by atoms with van der Waals surface area (Å²) >= 11 is 0. The summed E-state index contributed by atoms with van der Waals surface area (Å²) in [7, 11) is 0. The van der Waals surface area contributed by atoms with Crippen LogP contribution < -0.4 is 0 Å². The zero-order chi connectivity index (χ0) is 12.8. The first kappa shape index (κ1) is 12.7. The van der Waals surface area contributed by atoms with Crippen LogP contribution in [0.2, 0.25) is 0 Å². The average Bonchev–Trinajstić information content (AvgIpc) is 2.77. The Morgan fingerprint density at radius 1 is 1.11 bits per heavy atom. The minimum Gasteiger partial charge on any atom is -0.349 e. The second-order valence-corrected chi connectivity index (χ2v) is 6.84. The molecule has 0 aromatic heterocycles.